The number of piperidine rings is 1. The maximum absolute atomic E-state index is 13.3. The van der Waals surface area contributed by atoms with Crippen molar-refractivity contribution in [1.82, 2.24) is 9.88 Å². The Morgan fingerprint density at radius 1 is 1.10 bits per heavy atom. The van der Waals surface area contributed by atoms with E-state index in [1.807, 2.05) is 54.3 Å². The number of rotatable bonds is 4. The van der Waals surface area contributed by atoms with Gasteiger partial charge in [0.05, 0.1) is 11.3 Å². The third-order valence-electron chi connectivity index (χ3n) is 5.73. The molecule has 0 radical (unpaired) electrons. The van der Waals surface area contributed by atoms with Crippen LogP contribution in [0.15, 0.2) is 60.8 Å². The fourth-order valence-electron chi connectivity index (χ4n) is 3.95. The van der Waals surface area contributed by atoms with Crippen molar-refractivity contribution in [1.29, 1.82) is 0 Å². The number of carbonyl (C=O) groups excluding carboxylic acids is 1. The minimum absolute atomic E-state index is 0.0136. The van der Waals surface area contributed by atoms with Crippen molar-refractivity contribution in [3.8, 4) is 0 Å². The summed E-state index contributed by atoms with van der Waals surface area (Å²) < 4.78 is 13.8. The number of benzene rings is 2. The molecule has 0 saturated carbocycles. The Morgan fingerprint density at radius 2 is 1.77 bits per heavy atom. The number of aromatic amines is 1. The number of H-pyrrole nitrogens is 1. The summed E-state index contributed by atoms with van der Waals surface area (Å²) in [6.45, 7) is 3.25. The predicted octanol–water partition coefficient (Wildman–Crippen LogP) is 5.96. The van der Waals surface area contributed by atoms with Gasteiger partial charge in [-0.05, 0) is 55.5 Å². The highest BCUT2D eigenvalue weighted by Crippen LogP contribution is 2.31. The van der Waals surface area contributed by atoms with E-state index < -0.39 is 0 Å². The van der Waals surface area contributed by atoms with Crippen molar-refractivity contribution >= 4 is 29.5 Å². The van der Waals surface area contributed by atoms with Crippen LogP contribution in [-0.4, -0.2) is 28.9 Å². The van der Waals surface area contributed by atoms with Crippen LogP contribution in [0.25, 0.3) is 0 Å². The molecule has 1 aliphatic rings. The molecular weight excluding hydrogens is 397 g/mol. The SMILES string of the molecule is Cc1c(Nc2ccccc2)c(C(=O)N2CCC(c3ccc(F)cc3)CC2)c[nH]c1=S. The monoisotopic (exact) mass is 421 g/mol. The van der Waals surface area contributed by atoms with Gasteiger partial charge in [-0.1, -0.05) is 42.5 Å². The Hall–Kier alpha value is -2.99. The summed E-state index contributed by atoms with van der Waals surface area (Å²) in [5.74, 6) is 0.113. The zero-order chi connectivity index (χ0) is 21.1. The average molecular weight is 422 g/mol. The van der Waals surface area contributed by atoms with E-state index in [1.54, 1.807) is 6.20 Å². The lowest BCUT2D eigenvalue weighted by Gasteiger charge is -2.33. The van der Waals surface area contributed by atoms with Crippen molar-refractivity contribution in [2.45, 2.75) is 25.7 Å². The van der Waals surface area contributed by atoms with Gasteiger partial charge >= 0.3 is 0 Å². The molecular formula is C24H24FN3OS. The van der Waals surface area contributed by atoms with E-state index in [9.17, 15) is 9.18 Å². The summed E-state index contributed by atoms with van der Waals surface area (Å²) >= 11 is 5.39. The third-order valence-corrected chi connectivity index (χ3v) is 6.15. The van der Waals surface area contributed by atoms with Crippen molar-refractivity contribution in [3.63, 3.8) is 0 Å². The normalized spacial score (nSPS) is 14.5. The van der Waals surface area contributed by atoms with Crippen LogP contribution in [0.2, 0.25) is 0 Å². The average Bonchev–Trinajstić information content (AvgIpc) is 2.78. The molecule has 1 aromatic heterocycles. The number of halogens is 1. The van der Waals surface area contributed by atoms with Crippen molar-refractivity contribution in [2.24, 2.45) is 0 Å². The van der Waals surface area contributed by atoms with E-state index in [2.05, 4.69) is 10.3 Å². The van der Waals surface area contributed by atoms with E-state index in [4.69, 9.17) is 12.2 Å². The first kappa shape index (κ1) is 20.3. The van der Waals surface area contributed by atoms with Gasteiger partial charge in [-0.2, -0.15) is 0 Å². The number of anilines is 2. The lowest BCUT2D eigenvalue weighted by atomic mass is 9.89. The maximum atomic E-state index is 13.3. The fraction of sp³-hybridized carbons (Fsp3) is 0.250. The lowest BCUT2D eigenvalue weighted by molar-refractivity contribution is 0.0713. The van der Waals surface area contributed by atoms with Crippen LogP contribution >= 0.6 is 12.2 Å². The predicted molar refractivity (Wildman–Crippen MR) is 120 cm³/mol. The van der Waals surface area contributed by atoms with E-state index in [1.165, 1.54) is 12.1 Å². The van der Waals surface area contributed by atoms with Crippen molar-refractivity contribution in [2.75, 3.05) is 18.4 Å². The van der Waals surface area contributed by atoms with Gasteiger partial charge in [0.2, 0.25) is 0 Å². The Labute approximate surface area is 180 Å². The number of likely N-dealkylation sites (tertiary alicyclic amines) is 1. The highest BCUT2D eigenvalue weighted by Gasteiger charge is 2.26. The van der Waals surface area contributed by atoms with E-state index in [0.29, 0.717) is 29.2 Å². The molecule has 2 aromatic carbocycles. The number of para-hydroxylation sites is 1. The minimum atomic E-state index is -0.221. The first-order chi connectivity index (χ1) is 14.5. The van der Waals surface area contributed by atoms with E-state index in [-0.39, 0.29) is 11.7 Å². The van der Waals surface area contributed by atoms with Crippen LogP contribution in [0.4, 0.5) is 15.8 Å². The number of carbonyl (C=O) groups is 1. The summed E-state index contributed by atoms with van der Waals surface area (Å²) in [7, 11) is 0. The van der Waals surface area contributed by atoms with Gasteiger partial charge in [0.25, 0.3) is 5.91 Å². The van der Waals surface area contributed by atoms with Gasteiger partial charge in [0.1, 0.15) is 10.5 Å². The van der Waals surface area contributed by atoms with Crippen LogP contribution in [0.5, 0.6) is 0 Å². The minimum Gasteiger partial charge on any atom is -0.355 e. The highest BCUT2D eigenvalue weighted by atomic mass is 32.1. The number of nitrogens with zero attached hydrogens (tertiary/aromatic N) is 1. The molecule has 2 N–H and O–H groups in total. The smallest absolute Gasteiger partial charge is 0.257 e. The molecule has 4 nitrogen and oxygen atoms in total. The van der Waals surface area contributed by atoms with Crippen LogP contribution in [0, 0.1) is 17.4 Å². The number of hydrogen-bond donors (Lipinski definition) is 2. The van der Waals surface area contributed by atoms with Gasteiger partial charge < -0.3 is 15.2 Å². The number of pyridine rings is 1. The lowest BCUT2D eigenvalue weighted by Crippen LogP contribution is -2.38. The van der Waals surface area contributed by atoms with Gasteiger partial charge in [-0.15, -0.1) is 0 Å². The molecule has 0 unspecified atom stereocenters. The second kappa shape index (κ2) is 8.79. The van der Waals surface area contributed by atoms with Crippen LogP contribution in [-0.2, 0) is 0 Å². The largest absolute Gasteiger partial charge is 0.355 e. The molecule has 0 aliphatic carbocycles. The second-order valence-electron chi connectivity index (χ2n) is 7.64. The van der Waals surface area contributed by atoms with Crippen LogP contribution < -0.4 is 5.32 Å². The molecule has 2 heterocycles. The molecule has 6 heteroatoms. The molecule has 154 valence electrons. The molecule has 4 rings (SSSR count). The first-order valence-electron chi connectivity index (χ1n) is 10.1. The highest BCUT2D eigenvalue weighted by molar-refractivity contribution is 7.71. The maximum Gasteiger partial charge on any atom is 0.257 e. The summed E-state index contributed by atoms with van der Waals surface area (Å²) in [6, 6.07) is 16.5. The number of amides is 1. The molecule has 1 amide bonds. The summed E-state index contributed by atoms with van der Waals surface area (Å²) in [5, 5.41) is 3.37. The van der Waals surface area contributed by atoms with E-state index in [0.717, 1.165) is 35.3 Å². The molecule has 3 aromatic rings. The number of hydrogen-bond acceptors (Lipinski definition) is 3. The topological polar surface area (TPSA) is 48.1 Å². The number of aromatic nitrogens is 1. The fourth-order valence-corrected chi connectivity index (χ4v) is 4.11. The first-order valence-corrected chi connectivity index (χ1v) is 10.5. The summed E-state index contributed by atoms with van der Waals surface area (Å²) in [5.41, 5.74) is 4.22. The standard InChI is InChI=1S/C24H24FN3OS/c1-16-22(27-20-5-3-2-4-6-20)21(15-26-23(16)30)24(29)28-13-11-18(12-14-28)17-7-9-19(25)10-8-17/h2-10,15,18H,11-14H2,1H3,(H2,26,27,30). The Morgan fingerprint density at radius 3 is 2.43 bits per heavy atom. The molecule has 1 fully saturated rings. The van der Waals surface area contributed by atoms with Gasteiger partial charge in [-0.25, -0.2) is 4.39 Å². The molecule has 1 saturated heterocycles. The van der Waals surface area contributed by atoms with Gasteiger partial charge in [0, 0.05) is 30.5 Å². The molecule has 1 aliphatic heterocycles. The van der Waals surface area contributed by atoms with Crippen LogP contribution in [0.3, 0.4) is 0 Å². The number of nitrogens with one attached hydrogen (secondary N) is 2. The Bertz CT molecular complexity index is 1090. The third kappa shape index (κ3) is 4.28. The Balaban J connectivity index is 1.53. The summed E-state index contributed by atoms with van der Waals surface area (Å²) in [6.07, 6.45) is 3.43. The Kier molecular flexibility index (Phi) is 5.95. The molecule has 0 spiro atoms. The quantitative estimate of drug-likeness (QED) is 0.512. The zero-order valence-electron chi connectivity index (χ0n) is 16.8. The van der Waals surface area contributed by atoms with Crippen molar-refractivity contribution < 1.29 is 9.18 Å². The summed E-state index contributed by atoms with van der Waals surface area (Å²) in [4.78, 5) is 18.3. The van der Waals surface area contributed by atoms with Crippen molar-refractivity contribution in [3.05, 3.63) is 87.9 Å². The van der Waals surface area contributed by atoms with Gasteiger partial charge in [0.15, 0.2) is 0 Å². The molecule has 30 heavy (non-hydrogen) atoms. The van der Waals surface area contributed by atoms with Crippen LogP contribution in [0.1, 0.15) is 40.2 Å². The second-order valence-corrected chi connectivity index (χ2v) is 8.05. The molecule has 0 atom stereocenters. The van der Waals surface area contributed by atoms with Gasteiger partial charge in [-0.3, -0.25) is 4.79 Å². The molecule has 0 bridgehead atoms. The van der Waals surface area contributed by atoms with E-state index >= 15 is 0 Å². The zero-order valence-corrected chi connectivity index (χ0v) is 17.6.